The van der Waals surface area contributed by atoms with Gasteiger partial charge >= 0.3 is 0 Å². The molecule has 0 aliphatic rings. The number of aliphatic imine (C=N–C) groups is 1. The number of aryl methyl sites for hydroxylation is 1. The van der Waals surface area contributed by atoms with Crippen molar-refractivity contribution in [1.82, 2.24) is 4.98 Å². The summed E-state index contributed by atoms with van der Waals surface area (Å²) in [5.41, 5.74) is 4.81. The molecule has 4 aromatic rings. The molecule has 0 unspecified atom stereocenters. The van der Waals surface area contributed by atoms with Gasteiger partial charge in [0, 0.05) is 23.9 Å². The second kappa shape index (κ2) is 9.53. The molecular weight excluding hydrogens is 422 g/mol. The van der Waals surface area contributed by atoms with E-state index in [1.165, 1.54) is 23.5 Å². The van der Waals surface area contributed by atoms with Gasteiger partial charge in [0.25, 0.3) is 5.69 Å². The van der Waals surface area contributed by atoms with Crippen LogP contribution in [-0.4, -0.2) is 22.7 Å². The van der Waals surface area contributed by atoms with Gasteiger partial charge in [0.1, 0.15) is 5.75 Å². The molecule has 1 heterocycles. The third-order valence-electron chi connectivity index (χ3n) is 4.80. The van der Waals surface area contributed by atoms with Crippen LogP contribution in [0.25, 0.3) is 21.7 Å². The van der Waals surface area contributed by atoms with Crippen LogP contribution >= 0.6 is 11.3 Å². The maximum atomic E-state index is 11.0. The highest BCUT2D eigenvalue weighted by Gasteiger charge is 2.16. The Bertz CT molecular complexity index is 1250. The van der Waals surface area contributed by atoms with Crippen molar-refractivity contribution in [3.05, 3.63) is 94.0 Å². The van der Waals surface area contributed by atoms with Crippen LogP contribution in [0.2, 0.25) is 0 Å². The summed E-state index contributed by atoms with van der Waals surface area (Å²) in [5, 5.41) is 11.6. The number of non-ortho nitro benzene ring substituents is 1. The van der Waals surface area contributed by atoms with E-state index in [9.17, 15) is 10.1 Å². The Hall–Kier alpha value is -3.84. The van der Waals surface area contributed by atoms with Gasteiger partial charge in [0.05, 0.1) is 22.1 Å². The molecule has 4 rings (SSSR count). The number of benzene rings is 3. The summed E-state index contributed by atoms with van der Waals surface area (Å²) in [6.45, 7) is 4.61. The molecule has 0 bridgehead atoms. The van der Waals surface area contributed by atoms with Crippen LogP contribution in [0, 0.1) is 17.0 Å². The molecular formula is C25H21N3O3S. The van der Waals surface area contributed by atoms with Crippen LogP contribution in [-0.2, 0) is 0 Å². The molecule has 3 aromatic carbocycles. The lowest BCUT2D eigenvalue weighted by atomic mass is 10.1. The molecule has 6 nitrogen and oxygen atoms in total. The average molecular weight is 444 g/mol. The first kappa shape index (κ1) is 21.4. The largest absolute Gasteiger partial charge is 0.494 e. The number of nitrogens with zero attached hydrogens (tertiary/aromatic N) is 3. The third-order valence-corrected chi connectivity index (χ3v) is 5.81. The first-order valence-electron chi connectivity index (χ1n) is 10.1. The summed E-state index contributed by atoms with van der Waals surface area (Å²) in [7, 11) is 0. The van der Waals surface area contributed by atoms with E-state index in [-0.39, 0.29) is 5.69 Å². The van der Waals surface area contributed by atoms with Gasteiger partial charge in [0.2, 0.25) is 5.13 Å². The van der Waals surface area contributed by atoms with Crippen molar-refractivity contribution < 1.29 is 9.66 Å². The highest BCUT2D eigenvalue weighted by atomic mass is 32.1. The monoisotopic (exact) mass is 443 g/mol. The molecule has 0 aliphatic carbocycles. The van der Waals surface area contributed by atoms with Gasteiger partial charge in [-0.3, -0.25) is 10.1 Å². The van der Waals surface area contributed by atoms with Gasteiger partial charge in [-0.05, 0) is 61.4 Å². The first-order valence-corrected chi connectivity index (χ1v) is 10.9. The van der Waals surface area contributed by atoms with Crippen molar-refractivity contribution in [2.75, 3.05) is 6.61 Å². The van der Waals surface area contributed by atoms with Crippen LogP contribution in [0.1, 0.15) is 18.1 Å². The zero-order valence-electron chi connectivity index (χ0n) is 17.7. The van der Waals surface area contributed by atoms with E-state index in [1.54, 1.807) is 18.3 Å². The Morgan fingerprint density at radius 2 is 1.66 bits per heavy atom. The van der Waals surface area contributed by atoms with Crippen LogP contribution in [0.3, 0.4) is 0 Å². The van der Waals surface area contributed by atoms with E-state index >= 15 is 0 Å². The van der Waals surface area contributed by atoms with Gasteiger partial charge in [-0.15, -0.1) is 0 Å². The van der Waals surface area contributed by atoms with Crippen molar-refractivity contribution in [2.45, 2.75) is 13.8 Å². The number of hydrogen-bond acceptors (Lipinski definition) is 6. The molecule has 160 valence electrons. The molecule has 0 saturated carbocycles. The number of ether oxygens (including phenoxy) is 1. The van der Waals surface area contributed by atoms with Crippen molar-refractivity contribution in [2.24, 2.45) is 4.99 Å². The second-order valence-corrected chi connectivity index (χ2v) is 8.08. The van der Waals surface area contributed by atoms with Crippen LogP contribution < -0.4 is 4.74 Å². The number of thiazole rings is 1. The van der Waals surface area contributed by atoms with Crippen molar-refractivity contribution in [3.8, 4) is 27.4 Å². The van der Waals surface area contributed by atoms with Crippen LogP contribution in [0.4, 0.5) is 10.8 Å². The predicted molar refractivity (Wildman–Crippen MR) is 129 cm³/mol. The van der Waals surface area contributed by atoms with E-state index in [0.717, 1.165) is 38.6 Å². The fourth-order valence-electron chi connectivity index (χ4n) is 3.15. The highest BCUT2D eigenvalue weighted by Crippen LogP contribution is 2.40. The van der Waals surface area contributed by atoms with Gasteiger partial charge < -0.3 is 4.74 Å². The van der Waals surface area contributed by atoms with Crippen LogP contribution in [0.15, 0.2) is 77.8 Å². The first-order chi connectivity index (χ1) is 15.5. The number of nitro benzene ring substituents is 1. The Morgan fingerprint density at radius 1 is 1.00 bits per heavy atom. The number of hydrogen-bond donors (Lipinski definition) is 0. The van der Waals surface area contributed by atoms with Gasteiger partial charge in [0.15, 0.2) is 0 Å². The van der Waals surface area contributed by atoms with Crippen molar-refractivity contribution in [3.63, 3.8) is 0 Å². The van der Waals surface area contributed by atoms with E-state index in [1.807, 2.05) is 62.4 Å². The summed E-state index contributed by atoms with van der Waals surface area (Å²) >= 11 is 1.45. The average Bonchev–Trinajstić information content (AvgIpc) is 3.24. The lowest BCUT2D eigenvalue weighted by Crippen LogP contribution is -1.91. The van der Waals surface area contributed by atoms with Crippen molar-refractivity contribution in [1.29, 1.82) is 0 Å². The normalized spacial score (nSPS) is 11.1. The summed E-state index contributed by atoms with van der Waals surface area (Å²) < 4.78 is 5.48. The minimum atomic E-state index is -0.399. The summed E-state index contributed by atoms with van der Waals surface area (Å²) in [6, 6.07) is 22.4. The molecule has 0 fully saturated rings. The minimum absolute atomic E-state index is 0.0592. The Kier molecular flexibility index (Phi) is 6.37. The van der Waals surface area contributed by atoms with Crippen LogP contribution in [0.5, 0.6) is 5.75 Å². The Balaban J connectivity index is 1.70. The molecule has 0 radical (unpaired) electrons. The third kappa shape index (κ3) is 4.90. The molecule has 1 aromatic heterocycles. The standard InChI is InChI=1S/C25H21N3O3S/c1-3-31-22-14-6-18(7-15-22)16-26-25-27-23(19-8-4-17(2)5-9-19)24(32-25)20-10-12-21(13-11-20)28(29)30/h4-16H,3H2,1-2H3. The second-order valence-electron chi connectivity index (χ2n) is 7.10. The molecule has 0 N–H and O–H groups in total. The maximum Gasteiger partial charge on any atom is 0.269 e. The molecule has 7 heteroatoms. The number of rotatable bonds is 7. The van der Waals surface area contributed by atoms with E-state index in [2.05, 4.69) is 4.99 Å². The quantitative estimate of drug-likeness (QED) is 0.178. The Labute approximate surface area is 190 Å². The number of nitro groups is 1. The summed E-state index contributed by atoms with van der Waals surface area (Å²) in [6.07, 6.45) is 1.77. The zero-order chi connectivity index (χ0) is 22.5. The molecule has 0 spiro atoms. The van der Waals surface area contributed by atoms with Crippen molar-refractivity contribution >= 4 is 28.4 Å². The summed E-state index contributed by atoms with van der Waals surface area (Å²) in [5.74, 6) is 0.820. The van der Waals surface area contributed by atoms with Gasteiger partial charge in [-0.2, -0.15) is 0 Å². The van der Waals surface area contributed by atoms with E-state index in [4.69, 9.17) is 9.72 Å². The molecule has 0 amide bonds. The van der Waals surface area contributed by atoms with E-state index in [0.29, 0.717) is 11.7 Å². The molecule has 0 saturated heterocycles. The minimum Gasteiger partial charge on any atom is -0.494 e. The number of aromatic nitrogens is 1. The molecule has 32 heavy (non-hydrogen) atoms. The maximum absolute atomic E-state index is 11.0. The Morgan fingerprint density at radius 3 is 2.28 bits per heavy atom. The SMILES string of the molecule is CCOc1ccc(C=Nc2nc(-c3ccc(C)cc3)c(-c3ccc([N+](=O)[O-])cc3)s2)cc1. The molecule has 0 aliphatic heterocycles. The lowest BCUT2D eigenvalue weighted by Gasteiger charge is -2.03. The predicted octanol–water partition coefficient (Wildman–Crippen LogP) is 6.84. The lowest BCUT2D eigenvalue weighted by molar-refractivity contribution is -0.384. The van der Waals surface area contributed by atoms with Gasteiger partial charge in [-0.25, -0.2) is 9.98 Å². The van der Waals surface area contributed by atoms with E-state index < -0.39 is 4.92 Å². The fraction of sp³-hybridized carbons (Fsp3) is 0.120. The topological polar surface area (TPSA) is 77.6 Å². The molecule has 0 atom stereocenters. The zero-order valence-corrected chi connectivity index (χ0v) is 18.5. The smallest absolute Gasteiger partial charge is 0.269 e. The highest BCUT2D eigenvalue weighted by molar-refractivity contribution is 7.19. The van der Waals surface area contributed by atoms with Gasteiger partial charge in [-0.1, -0.05) is 41.2 Å². The fourth-order valence-corrected chi connectivity index (χ4v) is 4.09. The summed E-state index contributed by atoms with van der Waals surface area (Å²) in [4.78, 5) is 20.9.